The summed E-state index contributed by atoms with van der Waals surface area (Å²) in [4.78, 5) is 46.8. The summed E-state index contributed by atoms with van der Waals surface area (Å²) in [5.74, 6) is 0.507. The number of anilines is 2. The zero-order valence-corrected chi connectivity index (χ0v) is 24.0. The van der Waals surface area contributed by atoms with Crippen molar-refractivity contribution in [1.29, 1.82) is 0 Å². The Labute approximate surface area is 242 Å². The highest BCUT2D eigenvalue weighted by Crippen LogP contribution is 2.55. The zero-order chi connectivity index (χ0) is 29.9. The van der Waals surface area contributed by atoms with Crippen molar-refractivity contribution in [2.24, 2.45) is 16.9 Å². The van der Waals surface area contributed by atoms with Gasteiger partial charge in [0, 0.05) is 37.5 Å². The van der Waals surface area contributed by atoms with Crippen molar-refractivity contribution in [1.82, 2.24) is 25.3 Å². The normalized spacial score (nSPS) is 19.2. The third-order valence-electron chi connectivity index (χ3n) is 8.37. The molecule has 220 valence electrons. The molecule has 1 aromatic carbocycles. The molecule has 1 spiro atoms. The Morgan fingerprint density at radius 1 is 1.17 bits per heavy atom. The second-order valence-corrected chi connectivity index (χ2v) is 11.6. The summed E-state index contributed by atoms with van der Waals surface area (Å²) in [6.07, 6.45) is 5.35. The Kier molecular flexibility index (Phi) is 6.81. The van der Waals surface area contributed by atoms with Crippen LogP contribution >= 0.6 is 0 Å². The predicted octanol–water partition coefficient (Wildman–Crippen LogP) is 1.82. The average Bonchev–Trinajstić information content (AvgIpc) is 3.51. The highest BCUT2D eigenvalue weighted by atomic mass is 19.1. The number of carbonyl (C=O) groups excluding carboxylic acids is 2. The molecule has 3 atom stereocenters. The van der Waals surface area contributed by atoms with Crippen LogP contribution in [-0.2, 0) is 16.0 Å². The number of rotatable bonds is 7. The molecular weight excluding hydrogens is 541 g/mol. The van der Waals surface area contributed by atoms with Crippen molar-refractivity contribution in [2.75, 3.05) is 29.9 Å². The first-order valence-corrected chi connectivity index (χ1v) is 14.0. The first kappa shape index (κ1) is 27.9. The Balaban J connectivity index is 1.44. The Hall–Kier alpha value is -4.23. The van der Waals surface area contributed by atoms with Gasteiger partial charge in [-0.1, -0.05) is 0 Å². The number of halogens is 1. The number of nitrogens with zero attached hydrogens (tertiary/aromatic N) is 6. The number of amides is 2. The van der Waals surface area contributed by atoms with E-state index in [-0.39, 0.29) is 29.3 Å². The maximum atomic E-state index is 15.1. The maximum Gasteiger partial charge on any atom is 0.324 e. The van der Waals surface area contributed by atoms with Gasteiger partial charge < -0.3 is 31.3 Å². The first-order chi connectivity index (χ1) is 20.0. The van der Waals surface area contributed by atoms with Crippen LogP contribution in [0.15, 0.2) is 24.5 Å². The van der Waals surface area contributed by atoms with Gasteiger partial charge in [-0.25, -0.2) is 14.4 Å². The van der Waals surface area contributed by atoms with Gasteiger partial charge in [0.25, 0.3) is 0 Å². The number of hydrogen-bond acceptors (Lipinski definition) is 10. The number of fused-ring (bicyclic) bond motifs is 3. The minimum absolute atomic E-state index is 0.0906. The highest BCUT2D eigenvalue weighted by Gasteiger charge is 2.56. The summed E-state index contributed by atoms with van der Waals surface area (Å²) in [6, 6.07) is 1.39. The molecule has 2 fully saturated rings. The third-order valence-corrected chi connectivity index (χ3v) is 8.37. The average molecular weight is 576 g/mol. The minimum Gasteiger partial charge on any atom is -0.421 e. The van der Waals surface area contributed by atoms with Crippen molar-refractivity contribution >= 4 is 23.3 Å². The maximum absolute atomic E-state index is 15.1. The van der Waals surface area contributed by atoms with E-state index >= 15 is 4.39 Å². The number of likely N-dealkylation sites (N-methyl/N-ethyl adjacent to an activating group) is 1. The fraction of sp³-hybridized carbons (Fsp3) is 0.448. The van der Waals surface area contributed by atoms with E-state index < -0.39 is 17.9 Å². The molecule has 2 amide bonds. The summed E-state index contributed by atoms with van der Waals surface area (Å²) in [6.45, 7) is 6.17. The van der Waals surface area contributed by atoms with Gasteiger partial charge in [0.05, 0.1) is 41.9 Å². The monoisotopic (exact) mass is 575 g/mol. The third kappa shape index (κ3) is 4.92. The van der Waals surface area contributed by atoms with Gasteiger partial charge in [-0.05, 0) is 56.9 Å². The molecule has 1 saturated heterocycles. The van der Waals surface area contributed by atoms with Gasteiger partial charge in [0.15, 0.2) is 5.75 Å². The molecule has 0 unspecified atom stereocenters. The van der Waals surface area contributed by atoms with Crippen LogP contribution in [0, 0.1) is 18.2 Å². The van der Waals surface area contributed by atoms with Gasteiger partial charge in [0.1, 0.15) is 17.5 Å². The number of carbonyl (C=O) groups is 2. The number of ether oxygens (including phenoxy) is 1. The highest BCUT2D eigenvalue weighted by molar-refractivity contribution is 5.99. The topological polar surface area (TPSA) is 165 Å². The van der Waals surface area contributed by atoms with E-state index in [4.69, 9.17) is 26.2 Å². The van der Waals surface area contributed by atoms with E-state index in [1.165, 1.54) is 17.0 Å². The molecule has 3 heterocycles. The second kappa shape index (κ2) is 10.2. The Morgan fingerprint density at radius 2 is 1.88 bits per heavy atom. The molecule has 1 aliphatic heterocycles. The summed E-state index contributed by atoms with van der Waals surface area (Å²) >= 11 is 0. The summed E-state index contributed by atoms with van der Waals surface area (Å²) < 4.78 is 21.1. The fourth-order valence-corrected chi connectivity index (χ4v) is 5.91. The van der Waals surface area contributed by atoms with Gasteiger partial charge >= 0.3 is 6.01 Å². The summed E-state index contributed by atoms with van der Waals surface area (Å²) in [7, 11) is 1.59. The summed E-state index contributed by atoms with van der Waals surface area (Å²) in [5.41, 5.74) is 14.7. The number of benzene rings is 1. The van der Waals surface area contributed by atoms with Crippen LogP contribution in [0.1, 0.15) is 43.8 Å². The quantitative estimate of drug-likeness (QED) is 0.296. The number of nitrogens with one attached hydrogen (secondary N) is 1. The Bertz CT molecular complexity index is 1570. The van der Waals surface area contributed by atoms with E-state index in [2.05, 4.69) is 20.2 Å². The van der Waals surface area contributed by atoms with Crippen LogP contribution < -0.4 is 31.3 Å². The van der Waals surface area contributed by atoms with Gasteiger partial charge in [-0.15, -0.1) is 0 Å². The number of hydrogen-bond donors (Lipinski definition) is 3. The fourth-order valence-electron chi connectivity index (χ4n) is 5.91. The molecule has 3 aliphatic rings. The molecular formula is C29H34FN9O3. The lowest BCUT2D eigenvalue weighted by atomic mass is 10.0. The van der Waals surface area contributed by atoms with E-state index in [0.717, 1.165) is 18.4 Å². The second-order valence-electron chi connectivity index (χ2n) is 11.6. The van der Waals surface area contributed by atoms with Gasteiger partial charge in [-0.2, -0.15) is 9.97 Å². The van der Waals surface area contributed by atoms with Crippen molar-refractivity contribution in [2.45, 2.75) is 58.2 Å². The minimum atomic E-state index is -0.757. The molecule has 0 radical (unpaired) electrons. The number of aromatic nitrogens is 4. The molecule has 12 nitrogen and oxygen atoms in total. The standard InChI is InChI=1S/C29H34FN9O3/c1-14(31)26(40)36-23-12-39(13-29(23)5-6-29)25-24-20-7-17(30)8-22(38(4)27(41)15(2)32)19(20)9-21(24)35-28(37-25)42-18-10-33-16(3)34-11-18/h7-8,10-11,14-15,23H,5-6,9,12-13,31-32H2,1-4H3,(H,36,40)/t14-,15-,23-/m0/s1. The van der Waals surface area contributed by atoms with Crippen molar-refractivity contribution in [3.8, 4) is 22.9 Å². The summed E-state index contributed by atoms with van der Waals surface area (Å²) in [5, 5.41) is 3.12. The van der Waals surface area contributed by atoms with Crippen molar-refractivity contribution < 1.29 is 18.7 Å². The Morgan fingerprint density at radius 3 is 2.52 bits per heavy atom. The first-order valence-electron chi connectivity index (χ1n) is 14.0. The van der Waals surface area contributed by atoms with Crippen LogP contribution in [-0.4, -0.2) is 70.0 Å². The molecule has 5 N–H and O–H groups in total. The van der Waals surface area contributed by atoms with Crippen LogP contribution in [0.2, 0.25) is 0 Å². The molecule has 42 heavy (non-hydrogen) atoms. The lowest BCUT2D eigenvalue weighted by molar-refractivity contribution is -0.123. The largest absolute Gasteiger partial charge is 0.421 e. The van der Waals surface area contributed by atoms with E-state index in [1.807, 2.05) is 0 Å². The van der Waals surface area contributed by atoms with Gasteiger partial charge in [-0.3, -0.25) is 9.59 Å². The molecule has 0 bridgehead atoms. The SMILES string of the molecule is Cc1ncc(Oc2nc3c(c(N4C[C@H](NC(=O)[C@H](C)N)C5(CC5)C4)n2)-c2cc(F)cc(N(C)C(=O)[C@H](C)N)c2C3)cn1. The van der Waals surface area contributed by atoms with E-state index in [1.54, 1.807) is 40.2 Å². The molecule has 3 aromatic rings. The van der Waals surface area contributed by atoms with Crippen molar-refractivity contribution in [3.63, 3.8) is 0 Å². The molecule has 2 aliphatic carbocycles. The lowest BCUT2D eigenvalue weighted by Crippen LogP contribution is -2.47. The van der Waals surface area contributed by atoms with Crippen molar-refractivity contribution in [3.05, 3.63) is 47.4 Å². The van der Waals surface area contributed by atoms with Gasteiger partial charge in [0.2, 0.25) is 11.8 Å². The molecule has 2 aromatic heterocycles. The molecule has 1 saturated carbocycles. The van der Waals surface area contributed by atoms with E-state index in [9.17, 15) is 9.59 Å². The smallest absolute Gasteiger partial charge is 0.324 e. The predicted molar refractivity (Wildman–Crippen MR) is 154 cm³/mol. The van der Waals surface area contributed by atoms with Crippen LogP contribution in [0.5, 0.6) is 11.8 Å². The van der Waals surface area contributed by atoms with E-state index in [0.29, 0.717) is 59.4 Å². The zero-order valence-electron chi connectivity index (χ0n) is 24.0. The number of aryl methyl sites for hydroxylation is 1. The van der Waals surface area contributed by atoms with Crippen LogP contribution in [0.3, 0.4) is 0 Å². The van der Waals surface area contributed by atoms with Crippen LogP contribution in [0.25, 0.3) is 11.1 Å². The van der Waals surface area contributed by atoms with Crippen LogP contribution in [0.4, 0.5) is 15.9 Å². The number of nitrogens with two attached hydrogens (primary N) is 2. The molecule has 13 heteroatoms. The molecule has 6 rings (SSSR count). The lowest BCUT2D eigenvalue weighted by Gasteiger charge is -2.23.